The van der Waals surface area contributed by atoms with Gasteiger partial charge < -0.3 is 19.6 Å². The van der Waals surface area contributed by atoms with Gasteiger partial charge in [0, 0.05) is 26.2 Å². The molecule has 3 rings (SSSR count). The molecule has 2 saturated heterocycles. The van der Waals surface area contributed by atoms with Crippen LogP contribution in [0.3, 0.4) is 0 Å². The van der Waals surface area contributed by atoms with Gasteiger partial charge in [-0.2, -0.15) is 0 Å². The molecule has 138 valence electrons. The van der Waals surface area contributed by atoms with Crippen molar-refractivity contribution in [1.29, 1.82) is 0 Å². The highest BCUT2D eigenvalue weighted by Crippen LogP contribution is 2.36. The van der Waals surface area contributed by atoms with Gasteiger partial charge in [-0.1, -0.05) is 12.1 Å². The van der Waals surface area contributed by atoms with Gasteiger partial charge >= 0.3 is 6.09 Å². The number of amides is 1. The van der Waals surface area contributed by atoms with E-state index in [1.807, 2.05) is 43.9 Å². The highest BCUT2D eigenvalue weighted by atomic mass is 16.6. The number of phenolic OH excluding ortho intramolecular Hbond substituents is 1. The Balaban J connectivity index is 1.39. The summed E-state index contributed by atoms with van der Waals surface area (Å²) in [7, 11) is 0. The van der Waals surface area contributed by atoms with Crippen LogP contribution in [0.2, 0.25) is 0 Å². The average Bonchev–Trinajstić information content (AvgIpc) is 2.50. The van der Waals surface area contributed by atoms with Crippen molar-refractivity contribution >= 4 is 11.8 Å². The van der Waals surface area contributed by atoms with E-state index < -0.39 is 5.60 Å². The van der Waals surface area contributed by atoms with Gasteiger partial charge in [-0.25, -0.2) is 4.79 Å². The van der Waals surface area contributed by atoms with E-state index in [1.54, 1.807) is 6.07 Å². The standard InChI is InChI=1S/C20H30N2O3/c1-20(2,3)25-19(24)21-10-8-15(9-11-21)12-16-13-22(14-16)17-6-4-5-7-18(17)23/h4-7,15-16,23H,8-14H2,1-3H3. The predicted molar refractivity (Wildman–Crippen MR) is 99.0 cm³/mol. The lowest BCUT2D eigenvalue weighted by Crippen LogP contribution is -2.48. The predicted octanol–water partition coefficient (Wildman–Crippen LogP) is 3.87. The van der Waals surface area contributed by atoms with Gasteiger partial charge in [0.25, 0.3) is 0 Å². The molecule has 0 radical (unpaired) electrons. The number of anilines is 1. The Labute approximate surface area is 150 Å². The molecule has 0 unspecified atom stereocenters. The third kappa shape index (κ3) is 4.59. The van der Waals surface area contributed by atoms with E-state index in [0.717, 1.165) is 44.7 Å². The maximum atomic E-state index is 12.1. The monoisotopic (exact) mass is 346 g/mol. The van der Waals surface area contributed by atoms with Crippen molar-refractivity contribution < 1.29 is 14.6 Å². The zero-order valence-corrected chi connectivity index (χ0v) is 15.6. The summed E-state index contributed by atoms with van der Waals surface area (Å²) in [6, 6.07) is 7.54. The van der Waals surface area contributed by atoms with E-state index in [-0.39, 0.29) is 6.09 Å². The number of carbonyl (C=O) groups is 1. The molecule has 25 heavy (non-hydrogen) atoms. The largest absolute Gasteiger partial charge is 0.506 e. The van der Waals surface area contributed by atoms with E-state index >= 15 is 0 Å². The second kappa shape index (κ2) is 7.14. The van der Waals surface area contributed by atoms with Crippen LogP contribution < -0.4 is 4.90 Å². The molecule has 5 heteroatoms. The van der Waals surface area contributed by atoms with Crippen molar-refractivity contribution in [2.45, 2.75) is 45.6 Å². The minimum atomic E-state index is -0.424. The summed E-state index contributed by atoms with van der Waals surface area (Å²) in [5, 5.41) is 9.92. The number of benzene rings is 1. The van der Waals surface area contributed by atoms with Gasteiger partial charge in [-0.15, -0.1) is 0 Å². The maximum Gasteiger partial charge on any atom is 0.410 e. The first-order valence-electron chi connectivity index (χ1n) is 9.32. The Hall–Kier alpha value is -1.91. The van der Waals surface area contributed by atoms with Crippen LogP contribution in [-0.4, -0.2) is 47.9 Å². The quantitative estimate of drug-likeness (QED) is 0.903. The number of rotatable bonds is 3. The number of para-hydroxylation sites is 2. The van der Waals surface area contributed by atoms with Crippen LogP contribution in [0, 0.1) is 11.8 Å². The van der Waals surface area contributed by atoms with Crippen molar-refractivity contribution in [3.63, 3.8) is 0 Å². The number of likely N-dealkylation sites (tertiary alicyclic amines) is 1. The van der Waals surface area contributed by atoms with E-state index in [9.17, 15) is 9.90 Å². The molecule has 1 aromatic rings. The fraction of sp³-hybridized carbons (Fsp3) is 0.650. The molecule has 1 aromatic carbocycles. The minimum absolute atomic E-state index is 0.180. The van der Waals surface area contributed by atoms with Crippen LogP contribution in [0.4, 0.5) is 10.5 Å². The highest BCUT2D eigenvalue weighted by molar-refractivity contribution is 5.68. The Morgan fingerprint density at radius 3 is 2.40 bits per heavy atom. The van der Waals surface area contributed by atoms with Crippen LogP contribution in [0.5, 0.6) is 5.75 Å². The molecule has 0 aliphatic carbocycles. The Kier molecular flexibility index (Phi) is 5.11. The number of aromatic hydroxyl groups is 1. The third-order valence-corrected chi connectivity index (χ3v) is 5.11. The summed E-state index contributed by atoms with van der Waals surface area (Å²) >= 11 is 0. The first kappa shape index (κ1) is 17.9. The van der Waals surface area contributed by atoms with Gasteiger partial charge in [0.15, 0.2) is 0 Å². The molecule has 1 amide bonds. The molecular weight excluding hydrogens is 316 g/mol. The number of hydrogen-bond acceptors (Lipinski definition) is 4. The van der Waals surface area contributed by atoms with Gasteiger partial charge in [0.2, 0.25) is 0 Å². The molecule has 2 heterocycles. The zero-order valence-electron chi connectivity index (χ0n) is 15.6. The lowest BCUT2D eigenvalue weighted by molar-refractivity contribution is 0.0174. The molecule has 1 N–H and O–H groups in total. The number of piperidine rings is 1. The Morgan fingerprint density at radius 2 is 1.80 bits per heavy atom. The van der Waals surface area contributed by atoms with E-state index in [0.29, 0.717) is 17.6 Å². The van der Waals surface area contributed by atoms with Crippen molar-refractivity contribution in [1.82, 2.24) is 4.90 Å². The lowest BCUT2D eigenvalue weighted by Gasteiger charge is -2.43. The number of ether oxygens (including phenoxy) is 1. The SMILES string of the molecule is CC(C)(C)OC(=O)N1CCC(CC2CN(c3ccccc3O)C2)CC1. The second-order valence-electron chi connectivity index (χ2n) is 8.41. The van der Waals surface area contributed by atoms with E-state index in [2.05, 4.69) is 4.90 Å². The Morgan fingerprint density at radius 1 is 1.16 bits per heavy atom. The zero-order chi connectivity index (χ0) is 18.0. The number of phenols is 1. The summed E-state index contributed by atoms with van der Waals surface area (Å²) in [4.78, 5) is 16.2. The fourth-order valence-corrected chi connectivity index (χ4v) is 3.80. The number of carbonyl (C=O) groups excluding carboxylic acids is 1. The Bertz CT molecular complexity index is 597. The molecular formula is C20H30N2O3. The fourth-order valence-electron chi connectivity index (χ4n) is 3.80. The number of hydrogen-bond donors (Lipinski definition) is 1. The summed E-state index contributed by atoms with van der Waals surface area (Å²) < 4.78 is 5.46. The van der Waals surface area contributed by atoms with Crippen LogP contribution in [0.15, 0.2) is 24.3 Å². The average molecular weight is 346 g/mol. The third-order valence-electron chi connectivity index (χ3n) is 5.11. The molecule has 0 saturated carbocycles. The van der Waals surface area contributed by atoms with E-state index in [4.69, 9.17) is 4.74 Å². The van der Waals surface area contributed by atoms with Gasteiger partial charge in [0.05, 0.1) is 5.69 Å². The first-order valence-corrected chi connectivity index (χ1v) is 9.32. The summed E-state index contributed by atoms with van der Waals surface area (Å²) in [5.74, 6) is 1.75. The molecule has 2 aliphatic heterocycles. The van der Waals surface area contributed by atoms with Gasteiger partial charge in [0.1, 0.15) is 11.4 Å². The van der Waals surface area contributed by atoms with Crippen LogP contribution >= 0.6 is 0 Å². The molecule has 0 spiro atoms. The smallest absolute Gasteiger partial charge is 0.410 e. The van der Waals surface area contributed by atoms with Crippen LogP contribution in [0.1, 0.15) is 40.0 Å². The van der Waals surface area contributed by atoms with Crippen molar-refractivity contribution in [3.05, 3.63) is 24.3 Å². The highest BCUT2D eigenvalue weighted by Gasteiger charge is 2.33. The first-order chi connectivity index (χ1) is 11.8. The summed E-state index contributed by atoms with van der Waals surface area (Å²) in [6.07, 6.45) is 3.16. The minimum Gasteiger partial charge on any atom is -0.506 e. The number of nitrogens with zero attached hydrogens (tertiary/aromatic N) is 2. The topological polar surface area (TPSA) is 53.0 Å². The van der Waals surface area contributed by atoms with Crippen molar-refractivity contribution in [2.75, 3.05) is 31.1 Å². The van der Waals surface area contributed by atoms with Crippen LogP contribution in [-0.2, 0) is 4.74 Å². The van der Waals surface area contributed by atoms with E-state index in [1.165, 1.54) is 6.42 Å². The van der Waals surface area contributed by atoms with Crippen molar-refractivity contribution in [3.8, 4) is 5.75 Å². The van der Waals surface area contributed by atoms with Gasteiger partial charge in [-0.3, -0.25) is 0 Å². The van der Waals surface area contributed by atoms with Crippen LogP contribution in [0.25, 0.3) is 0 Å². The molecule has 0 bridgehead atoms. The van der Waals surface area contributed by atoms with Crippen molar-refractivity contribution in [2.24, 2.45) is 11.8 Å². The molecule has 2 fully saturated rings. The molecule has 0 atom stereocenters. The normalized spacial score (nSPS) is 19.6. The maximum absolute atomic E-state index is 12.1. The second-order valence-corrected chi connectivity index (χ2v) is 8.41. The lowest BCUT2D eigenvalue weighted by atomic mass is 9.83. The molecule has 0 aromatic heterocycles. The van der Waals surface area contributed by atoms with Gasteiger partial charge in [-0.05, 0) is 64.0 Å². The summed E-state index contributed by atoms with van der Waals surface area (Å²) in [6.45, 7) is 9.36. The molecule has 2 aliphatic rings. The molecule has 5 nitrogen and oxygen atoms in total. The summed E-state index contributed by atoms with van der Waals surface area (Å²) in [5.41, 5.74) is 0.519.